The van der Waals surface area contributed by atoms with Crippen molar-refractivity contribution < 1.29 is 27.5 Å². The molecule has 0 bridgehead atoms. The molecule has 0 saturated heterocycles. The Kier molecular flexibility index (Phi) is 5.87. The molecule has 1 N–H and O–H groups in total. The van der Waals surface area contributed by atoms with Crippen LogP contribution in [0.15, 0.2) is 35.3 Å². The van der Waals surface area contributed by atoms with Gasteiger partial charge in [-0.25, -0.2) is 4.79 Å². The van der Waals surface area contributed by atoms with Gasteiger partial charge in [-0.05, 0) is 24.6 Å². The summed E-state index contributed by atoms with van der Waals surface area (Å²) in [5, 5.41) is 6.38. The number of fused-ring (bicyclic) bond motifs is 1. The minimum Gasteiger partial charge on any atom is -0.465 e. The number of methoxy groups -OCH3 is 1. The lowest BCUT2D eigenvalue weighted by Gasteiger charge is -2.13. The van der Waals surface area contributed by atoms with E-state index in [4.69, 9.17) is 0 Å². The molecule has 3 aromatic rings. The zero-order valence-corrected chi connectivity index (χ0v) is 16.9. The molecule has 164 valence electrons. The molecule has 0 radical (unpaired) electrons. The number of hydrogen-bond donors (Lipinski definition) is 1. The summed E-state index contributed by atoms with van der Waals surface area (Å²) >= 11 is 0. The number of benzene rings is 1. The van der Waals surface area contributed by atoms with Gasteiger partial charge in [0.05, 0.1) is 18.2 Å². The zero-order chi connectivity index (χ0) is 22.9. The van der Waals surface area contributed by atoms with E-state index in [-0.39, 0.29) is 29.6 Å². The Labute approximate surface area is 174 Å². The standard InChI is InChI=1S/C20H19F3N4O4/c1-11-4-5-12(19(30)31-3)8-15(11)24-16(28)6-7-27-17(29)9-14(20(21,22)23)13-10-26(2)25-18(13)27/h4-5,8-10H,6-7H2,1-3H3,(H,24,28). The summed E-state index contributed by atoms with van der Waals surface area (Å²) in [6.07, 6.45) is -3.73. The van der Waals surface area contributed by atoms with Gasteiger partial charge in [0.25, 0.3) is 5.56 Å². The molecule has 0 aliphatic rings. The predicted molar refractivity (Wildman–Crippen MR) is 106 cm³/mol. The summed E-state index contributed by atoms with van der Waals surface area (Å²) in [4.78, 5) is 36.4. The van der Waals surface area contributed by atoms with Gasteiger partial charge in [-0.15, -0.1) is 0 Å². The van der Waals surface area contributed by atoms with Crippen LogP contribution in [0, 0.1) is 6.92 Å². The third kappa shape index (κ3) is 4.60. The van der Waals surface area contributed by atoms with E-state index in [9.17, 15) is 27.6 Å². The van der Waals surface area contributed by atoms with Crippen molar-refractivity contribution in [1.82, 2.24) is 14.3 Å². The van der Waals surface area contributed by atoms with Gasteiger partial charge >= 0.3 is 12.1 Å². The number of ether oxygens (including phenoxy) is 1. The number of nitrogens with one attached hydrogen (secondary N) is 1. The average molecular weight is 436 g/mol. The van der Waals surface area contributed by atoms with E-state index in [2.05, 4.69) is 15.2 Å². The molecule has 0 atom stereocenters. The number of amides is 1. The molecule has 0 spiro atoms. The SMILES string of the molecule is COC(=O)c1ccc(C)c(NC(=O)CCn2c(=O)cc(C(F)(F)F)c3cn(C)nc32)c1. The summed E-state index contributed by atoms with van der Waals surface area (Å²) in [7, 11) is 2.68. The molecule has 8 nitrogen and oxygen atoms in total. The first-order valence-electron chi connectivity index (χ1n) is 9.14. The number of hydrogen-bond acceptors (Lipinski definition) is 5. The summed E-state index contributed by atoms with van der Waals surface area (Å²) < 4.78 is 46.7. The fourth-order valence-electron chi connectivity index (χ4n) is 3.13. The fraction of sp³-hybridized carbons (Fsp3) is 0.300. The van der Waals surface area contributed by atoms with Crippen molar-refractivity contribution in [3.63, 3.8) is 0 Å². The quantitative estimate of drug-likeness (QED) is 0.621. The Morgan fingerprint density at radius 2 is 1.94 bits per heavy atom. The van der Waals surface area contributed by atoms with E-state index in [0.717, 1.165) is 4.57 Å². The molecule has 0 aliphatic carbocycles. The van der Waals surface area contributed by atoms with Gasteiger partial charge in [-0.3, -0.25) is 18.8 Å². The lowest BCUT2D eigenvalue weighted by Crippen LogP contribution is -2.25. The van der Waals surface area contributed by atoms with Crippen molar-refractivity contribution >= 4 is 28.6 Å². The molecule has 0 aliphatic heterocycles. The van der Waals surface area contributed by atoms with Crippen molar-refractivity contribution in [2.75, 3.05) is 12.4 Å². The number of nitrogens with zero attached hydrogens (tertiary/aromatic N) is 3. The Hall–Kier alpha value is -3.63. The zero-order valence-electron chi connectivity index (χ0n) is 16.9. The number of halogens is 3. The fourth-order valence-corrected chi connectivity index (χ4v) is 3.13. The molecule has 3 rings (SSSR count). The van der Waals surface area contributed by atoms with Gasteiger partial charge in [0.15, 0.2) is 5.65 Å². The number of alkyl halides is 3. The third-order valence-corrected chi connectivity index (χ3v) is 4.69. The van der Waals surface area contributed by atoms with Gasteiger partial charge in [-0.2, -0.15) is 18.3 Å². The van der Waals surface area contributed by atoms with Crippen LogP contribution in [-0.2, 0) is 29.3 Å². The summed E-state index contributed by atoms with van der Waals surface area (Å²) in [6.45, 7) is 1.56. The number of carbonyl (C=O) groups is 2. The van der Waals surface area contributed by atoms with E-state index in [0.29, 0.717) is 17.3 Å². The maximum absolute atomic E-state index is 13.3. The number of anilines is 1. The highest BCUT2D eigenvalue weighted by molar-refractivity contribution is 5.95. The van der Waals surface area contributed by atoms with E-state index < -0.39 is 29.2 Å². The second-order valence-corrected chi connectivity index (χ2v) is 6.91. The number of rotatable bonds is 5. The number of aryl methyl sites for hydroxylation is 3. The van der Waals surface area contributed by atoms with Gasteiger partial charge in [-0.1, -0.05) is 6.07 Å². The number of pyridine rings is 1. The van der Waals surface area contributed by atoms with Crippen LogP contribution in [-0.4, -0.2) is 33.3 Å². The maximum atomic E-state index is 13.3. The molecule has 1 amide bonds. The summed E-state index contributed by atoms with van der Waals surface area (Å²) in [5.74, 6) is -1.05. The molecule has 0 unspecified atom stereocenters. The molecule has 2 aromatic heterocycles. The Morgan fingerprint density at radius 1 is 1.23 bits per heavy atom. The molecular formula is C20H19F3N4O4. The van der Waals surface area contributed by atoms with Crippen LogP contribution in [0.25, 0.3) is 11.0 Å². The molecular weight excluding hydrogens is 417 g/mol. The topological polar surface area (TPSA) is 95.2 Å². The minimum atomic E-state index is -4.71. The van der Waals surface area contributed by atoms with E-state index >= 15 is 0 Å². The highest BCUT2D eigenvalue weighted by atomic mass is 19.4. The van der Waals surface area contributed by atoms with Gasteiger partial charge in [0.1, 0.15) is 0 Å². The highest BCUT2D eigenvalue weighted by Gasteiger charge is 2.34. The lowest BCUT2D eigenvalue weighted by molar-refractivity contribution is -0.136. The molecule has 1 aromatic carbocycles. The molecule has 2 heterocycles. The predicted octanol–water partition coefficient (Wildman–Crippen LogP) is 2.88. The van der Waals surface area contributed by atoms with Crippen LogP contribution in [0.3, 0.4) is 0 Å². The first-order chi connectivity index (χ1) is 14.5. The van der Waals surface area contributed by atoms with Crippen LogP contribution < -0.4 is 10.9 Å². The minimum absolute atomic E-state index is 0.154. The Morgan fingerprint density at radius 3 is 2.58 bits per heavy atom. The summed E-state index contributed by atoms with van der Waals surface area (Å²) in [6, 6.07) is 5.16. The van der Waals surface area contributed by atoms with Crippen molar-refractivity contribution in [2.24, 2.45) is 7.05 Å². The van der Waals surface area contributed by atoms with E-state index in [1.807, 2.05) is 0 Å². The van der Waals surface area contributed by atoms with Crippen LogP contribution in [0.1, 0.15) is 27.9 Å². The third-order valence-electron chi connectivity index (χ3n) is 4.69. The smallest absolute Gasteiger partial charge is 0.417 e. The van der Waals surface area contributed by atoms with Crippen molar-refractivity contribution in [3.8, 4) is 0 Å². The highest BCUT2D eigenvalue weighted by Crippen LogP contribution is 2.33. The largest absolute Gasteiger partial charge is 0.465 e. The molecule has 11 heteroatoms. The number of aromatic nitrogens is 3. The Bertz CT molecular complexity index is 1230. The molecule has 31 heavy (non-hydrogen) atoms. The normalized spacial score (nSPS) is 11.5. The van der Waals surface area contributed by atoms with E-state index in [1.54, 1.807) is 19.1 Å². The van der Waals surface area contributed by atoms with Crippen molar-refractivity contribution in [3.05, 3.63) is 57.5 Å². The van der Waals surface area contributed by atoms with Crippen LogP contribution >= 0.6 is 0 Å². The van der Waals surface area contributed by atoms with Crippen LogP contribution in [0.5, 0.6) is 0 Å². The maximum Gasteiger partial charge on any atom is 0.417 e. The second kappa shape index (κ2) is 8.25. The van der Waals surface area contributed by atoms with Crippen LogP contribution in [0.2, 0.25) is 0 Å². The number of esters is 1. The van der Waals surface area contributed by atoms with Gasteiger partial charge in [0, 0.05) is 43.4 Å². The molecule has 0 fully saturated rings. The second-order valence-electron chi connectivity index (χ2n) is 6.91. The van der Waals surface area contributed by atoms with Crippen molar-refractivity contribution in [2.45, 2.75) is 26.1 Å². The van der Waals surface area contributed by atoms with Crippen LogP contribution in [0.4, 0.5) is 18.9 Å². The lowest BCUT2D eigenvalue weighted by atomic mass is 10.1. The van der Waals surface area contributed by atoms with Crippen molar-refractivity contribution in [1.29, 1.82) is 0 Å². The first-order valence-corrected chi connectivity index (χ1v) is 9.14. The van der Waals surface area contributed by atoms with Gasteiger partial charge < -0.3 is 10.1 Å². The number of carbonyl (C=O) groups excluding carboxylic acids is 2. The Balaban J connectivity index is 1.84. The first kappa shape index (κ1) is 22.1. The summed E-state index contributed by atoms with van der Waals surface area (Å²) in [5.41, 5.74) is -0.807. The van der Waals surface area contributed by atoms with E-state index in [1.165, 1.54) is 31.1 Å². The molecule has 0 saturated carbocycles. The van der Waals surface area contributed by atoms with Gasteiger partial charge in [0.2, 0.25) is 5.91 Å². The monoisotopic (exact) mass is 436 g/mol. The average Bonchev–Trinajstić information content (AvgIpc) is 3.08.